The van der Waals surface area contributed by atoms with E-state index in [1.165, 1.54) is 0 Å². The first kappa shape index (κ1) is 19.8. The normalized spacial score (nSPS) is 16.4. The van der Waals surface area contributed by atoms with E-state index in [1.807, 2.05) is 31.3 Å². The molecule has 3 rings (SSSR count). The molecular weight excluding hydrogens is 340 g/mol. The number of hydrogen-bond acceptors (Lipinski definition) is 4. The van der Waals surface area contributed by atoms with Gasteiger partial charge in [0.05, 0.1) is 6.04 Å². The molecule has 0 spiro atoms. The molecule has 0 saturated carbocycles. The second-order valence-corrected chi connectivity index (χ2v) is 6.52. The van der Waals surface area contributed by atoms with Crippen LogP contribution in [0.4, 0.5) is 0 Å². The molecule has 1 unspecified atom stereocenters. The van der Waals surface area contributed by atoms with Gasteiger partial charge in [0, 0.05) is 44.2 Å². The summed E-state index contributed by atoms with van der Waals surface area (Å²) in [6, 6.07) is 7.51. The molecule has 25 heavy (non-hydrogen) atoms. The highest BCUT2D eigenvalue weighted by molar-refractivity contribution is 5.85. The van der Waals surface area contributed by atoms with Crippen LogP contribution in [-0.2, 0) is 22.5 Å². The number of para-hydroxylation sites is 1. The van der Waals surface area contributed by atoms with Gasteiger partial charge in [-0.05, 0) is 24.8 Å². The van der Waals surface area contributed by atoms with Crippen molar-refractivity contribution in [2.24, 2.45) is 11.7 Å². The molecule has 0 aliphatic carbocycles. The number of carbonyl (C=O) groups is 1. The van der Waals surface area contributed by atoms with Gasteiger partial charge in [-0.3, -0.25) is 4.79 Å². The van der Waals surface area contributed by atoms with Gasteiger partial charge in [-0.25, -0.2) is 0 Å². The Labute approximate surface area is 154 Å². The highest BCUT2D eigenvalue weighted by atomic mass is 35.5. The largest absolute Gasteiger partial charge is 0.461 e. The van der Waals surface area contributed by atoms with Crippen molar-refractivity contribution in [2.45, 2.75) is 38.8 Å². The van der Waals surface area contributed by atoms with Gasteiger partial charge in [-0.1, -0.05) is 25.1 Å². The molecule has 1 atom stereocenters. The maximum Gasteiger partial charge on any atom is 0.239 e. The van der Waals surface area contributed by atoms with Gasteiger partial charge in [0.25, 0.3) is 0 Å². The fourth-order valence-electron chi connectivity index (χ4n) is 3.45. The Morgan fingerprint density at radius 1 is 1.32 bits per heavy atom. The number of likely N-dealkylation sites (N-methyl/N-ethyl adjacent to an activating group) is 1. The lowest BCUT2D eigenvalue weighted by molar-refractivity contribution is -0.133. The maximum atomic E-state index is 12.7. The van der Waals surface area contributed by atoms with Crippen molar-refractivity contribution in [3.63, 3.8) is 0 Å². The molecule has 2 aromatic rings. The number of fused-ring (bicyclic) bond motifs is 1. The minimum absolute atomic E-state index is 0. The monoisotopic (exact) mass is 366 g/mol. The molecule has 1 aliphatic heterocycles. The summed E-state index contributed by atoms with van der Waals surface area (Å²) in [6.07, 6.45) is 2.52. The lowest BCUT2D eigenvalue weighted by Gasteiger charge is -2.29. The van der Waals surface area contributed by atoms with Crippen molar-refractivity contribution >= 4 is 29.3 Å². The van der Waals surface area contributed by atoms with Crippen LogP contribution in [0, 0.1) is 5.92 Å². The minimum Gasteiger partial charge on any atom is -0.461 e. The Balaban J connectivity index is 0.00000225. The van der Waals surface area contributed by atoms with Crippen LogP contribution in [0.25, 0.3) is 11.0 Å². The number of benzene rings is 1. The van der Waals surface area contributed by atoms with Crippen LogP contribution in [-0.4, -0.2) is 37.1 Å². The van der Waals surface area contributed by atoms with Gasteiger partial charge >= 0.3 is 0 Å². The van der Waals surface area contributed by atoms with E-state index in [1.54, 1.807) is 4.90 Å². The Morgan fingerprint density at radius 2 is 2.00 bits per heavy atom. The van der Waals surface area contributed by atoms with E-state index in [0.717, 1.165) is 41.6 Å². The summed E-state index contributed by atoms with van der Waals surface area (Å²) >= 11 is 0. The number of carbonyl (C=O) groups excluding carboxylic acids is 1. The van der Waals surface area contributed by atoms with Crippen LogP contribution >= 0.6 is 12.4 Å². The van der Waals surface area contributed by atoms with Gasteiger partial charge in [-0.15, -0.1) is 12.4 Å². The van der Waals surface area contributed by atoms with E-state index in [0.29, 0.717) is 19.8 Å². The quantitative estimate of drug-likeness (QED) is 0.882. The van der Waals surface area contributed by atoms with E-state index in [4.69, 9.17) is 14.9 Å². The average molecular weight is 367 g/mol. The first-order chi connectivity index (χ1) is 11.6. The van der Waals surface area contributed by atoms with Crippen molar-refractivity contribution in [2.75, 3.05) is 20.3 Å². The second kappa shape index (κ2) is 8.70. The zero-order valence-electron chi connectivity index (χ0n) is 14.9. The first-order valence-corrected chi connectivity index (χ1v) is 8.69. The number of nitrogens with two attached hydrogens (primary N) is 1. The number of halogens is 1. The van der Waals surface area contributed by atoms with Gasteiger partial charge in [0.2, 0.25) is 5.91 Å². The predicted molar refractivity (Wildman–Crippen MR) is 101 cm³/mol. The molecule has 1 aromatic heterocycles. The number of furan rings is 1. The summed E-state index contributed by atoms with van der Waals surface area (Å²) in [6.45, 7) is 3.98. The Bertz CT molecular complexity index is 710. The van der Waals surface area contributed by atoms with Crippen LogP contribution in [0.1, 0.15) is 31.1 Å². The van der Waals surface area contributed by atoms with Crippen LogP contribution < -0.4 is 5.73 Å². The number of ether oxygens (including phenoxy) is 1. The number of aryl methyl sites for hydroxylation is 1. The zero-order chi connectivity index (χ0) is 17.1. The van der Waals surface area contributed by atoms with Gasteiger partial charge in [0.15, 0.2) is 0 Å². The van der Waals surface area contributed by atoms with Crippen LogP contribution in [0.15, 0.2) is 28.7 Å². The average Bonchev–Trinajstić information content (AvgIpc) is 2.99. The van der Waals surface area contributed by atoms with Crippen molar-refractivity contribution in [1.29, 1.82) is 0 Å². The lowest BCUT2D eigenvalue weighted by Crippen LogP contribution is -2.47. The molecule has 6 heteroatoms. The molecule has 2 N–H and O–H groups in total. The molecule has 0 bridgehead atoms. The molecule has 1 aliphatic rings. The second-order valence-electron chi connectivity index (χ2n) is 6.52. The topological polar surface area (TPSA) is 68.7 Å². The Hall–Kier alpha value is -1.56. The third-order valence-electron chi connectivity index (χ3n) is 4.93. The molecule has 0 radical (unpaired) electrons. The first-order valence-electron chi connectivity index (χ1n) is 8.69. The summed E-state index contributed by atoms with van der Waals surface area (Å²) in [5.74, 6) is 1.14. The molecule has 1 fully saturated rings. The van der Waals surface area contributed by atoms with Crippen LogP contribution in [0.2, 0.25) is 0 Å². The van der Waals surface area contributed by atoms with E-state index < -0.39 is 6.04 Å². The van der Waals surface area contributed by atoms with Crippen molar-refractivity contribution < 1.29 is 13.9 Å². The molecular formula is C19H27ClN2O3. The smallest absolute Gasteiger partial charge is 0.239 e. The minimum atomic E-state index is -0.456. The van der Waals surface area contributed by atoms with Crippen LogP contribution in [0.3, 0.4) is 0 Å². The van der Waals surface area contributed by atoms with Crippen molar-refractivity contribution in [3.05, 3.63) is 35.6 Å². The highest BCUT2D eigenvalue weighted by Crippen LogP contribution is 2.28. The van der Waals surface area contributed by atoms with E-state index >= 15 is 0 Å². The molecule has 1 amide bonds. The molecule has 1 saturated heterocycles. The summed E-state index contributed by atoms with van der Waals surface area (Å²) in [4.78, 5) is 14.5. The molecule has 2 heterocycles. The van der Waals surface area contributed by atoms with E-state index in [-0.39, 0.29) is 24.2 Å². The number of hydrogen-bond donors (Lipinski definition) is 1. The van der Waals surface area contributed by atoms with Crippen molar-refractivity contribution in [1.82, 2.24) is 4.90 Å². The third-order valence-corrected chi connectivity index (χ3v) is 4.93. The fourth-order valence-corrected chi connectivity index (χ4v) is 3.45. The van der Waals surface area contributed by atoms with E-state index in [2.05, 4.69) is 6.92 Å². The summed E-state index contributed by atoms with van der Waals surface area (Å²) in [7, 11) is 1.82. The zero-order valence-corrected chi connectivity index (χ0v) is 15.7. The molecule has 1 aromatic carbocycles. The van der Waals surface area contributed by atoms with Crippen molar-refractivity contribution in [3.8, 4) is 0 Å². The Kier molecular flexibility index (Phi) is 6.87. The summed E-state index contributed by atoms with van der Waals surface area (Å²) < 4.78 is 11.3. The SMILES string of the molecule is CCc1oc2ccccc2c1CN(C)C(=O)C(N)C1CCOCC1.Cl. The lowest BCUT2D eigenvalue weighted by atomic mass is 9.91. The number of amides is 1. The summed E-state index contributed by atoms with van der Waals surface area (Å²) in [5.41, 5.74) is 8.20. The maximum absolute atomic E-state index is 12.7. The number of nitrogens with zero attached hydrogens (tertiary/aromatic N) is 1. The van der Waals surface area contributed by atoms with Gasteiger partial charge < -0.3 is 19.8 Å². The molecule has 138 valence electrons. The summed E-state index contributed by atoms with van der Waals surface area (Å²) in [5, 5.41) is 1.08. The molecule has 5 nitrogen and oxygen atoms in total. The van der Waals surface area contributed by atoms with Gasteiger partial charge in [-0.2, -0.15) is 0 Å². The predicted octanol–water partition coefficient (Wildman–Crippen LogP) is 3.13. The standard InChI is InChI=1S/C19H26N2O3.ClH/c1-3-16-15(14-6-4-5-7-17(14)24-16)12-21(2)19(22)18(20)13-8-10-23-11-9-13;/h4-7,13,18H,3,8-12,20H2,1-2H3;1H. The van der Waals surface area contributed by atoms with Crippen LogP contribution in [0.5, 0.6) is 0 Å². The fraction of sp³-hybridized carbons (Fsp3) is 0.526. The van der Waals surface area contributed by atoms with Gasteiger partial charge in [0.1, 0.15) is 11.3 Å². The third kappa shape index (κ3) is 4.17. The Morgan fingerprint density at radius 3 is 2.68 bits per heavy atom. The van der Waals surface area contributed by atoms with E-state index in [9.17, 15) is 4.79 Å². The number of rotatable bonds is 5. The highest BCUT2D eigenvalue weighted by Gasteiger charge is 2.29.